The molecule has 5 heterocycles. The summed E-state index contributed by atoms with van der Waals surface area (Å²) in [5, 5.41) is 142. The van der Waals surface area contributed by atoms with E-state index < -0.39 is 166 Å². The van der Waals surface area contributed by atoms with Gasteiger partial charge in [0, 0.05) is 22.2 Å². The Kier molecular flexibility index (Phi) is 15.1. The van der Waals surface area contributed by atoms with Gasteiger partial charge in [-0.2, -0.15) is 0 Å². The van der Waals surface area contributed by atoms with E-state index in [4.69, 9.17) is 42.6 Å². The molecule has 4 saturated carbocycles. The van der Waals surface area contributed by atoms with Crippen LogP contribution in [0.25, 0.3) is 0 Å². The largest absolute Gasteiger partial charge is 0.396 e. The highest BCUT2D eigenvalue weighted by molar-refractivity contribution is 5.36. The van der Waals surface area contributed by atoms with Gasteiger partial charge in [-0.25, -0.2) is 0 Å². The molecule has 424 valence electrons. The lowest BCUT2D eigenvalue weighted by Crippen LogP contribution is -2.72. The van der Waals surface area contributed by atoms with E-state index in [1.807, 2.05) is 6.92 Å². The SMILES string of the molecule is CC1(C)CC[C@]23CO[C@@]4(C=CC5[C@@]6(C)CC[C@H](O[C@@H]7OC[C@H](O[C@@H]8O[C@H](CO)[C@@H](O)[C@H](O)[C@H]8O[C@@H]8OC[C@@H](O)[C@H](O)[C@H]8O)[C@H](O)[C@H]7O[C@@H]7O[C@H](CO)[C@@H](O)[C@H](O)[C@H]7O)[C@@](C)(CO)C6CC[C@@]5(C)C4(C)CC2O)C3C1. The fourth-order valence-electron chi connectivity index (χ4n) is 16.7. The van der Waals surface area contributed by atoms with Crippen molar-refractivity contribution in [2.45, 2.75) is 221 Å². The van der Waals surface area contributed by atoms with E-state index >= 15 is 0 Å². The number of hydrogen-bond donors (Lipinski definition) is 13. The van der Waals surface area contributed by atoms with Crippen LogP contribution in [0.5, 0.6) is 0 Å². The first-order valence-corrected chi connectivity index (χ1v) is 26.9. The molecule has 10 rings (SSSR count). The first-order chi connectivity index (χ1) is 34.8. The molecule has 0 aromatic carbocycles. The van der Waals surface area contributed by atoms with E-state index in [0.29, 0.717) is 32.3 Å². The third kappa shape index (κ3) is 8.32. The minimum atomic E-state index is -1.92. The van der Waals surface area contributed by atoms with Gasteiger partial charge in [0.15, 0.2) is 25.2 Å². The molecule has 5 aliphatic carbocycles. The molecule has 5 unspecified atom stereocenters. The summed E-state index contributed by atoms with van der Waals surface area (Å²) in [5.41, 5.74) is -2.68. The number of ether oxygens (including phenoxy) is 9. The number of aliphatic hydroxyl groups is 13. The lowest BCUT2D eigenvalue weighted by Gasteiger charge is -2.73. The Hall–Kier alpha value is -1.14. The van der Waals surface area contributed by atoms with Crippen LogP contribution in [-0.4, -0.2) is 234 Å². The van der Waals surface area contributed by atoms with Crippen molar-refractivity contribution >= 4 is 0 Å². The van der Waals surface area contributed by atoms with Gasteiger partial charge in [-0.05, 0) is 79.4 Å². The zero-order chi connectivity index (χ0) is 53.5. The van der Waals surface area contributed by atoms with Crippen LogP contribution in [0.15, 0.2) is 12.2 Å². The highest BCUT2D eigenvalue weighted by Gasteiger charge is 2.79. The van der Waals surface area contributed by atoms with Gasteiger partial charge in [0.05, 0.1) is 57.5 Å². The molecule has 29 atom stereocenters. The molecule has 1 spiro atoms. The smallest absolute Gasteiger partial charge is 0.187 e. The van der Waals surface area contributed by atoms with Gasteiger partial charge in [-0.1, -0.05) is 53.7 Å². The average Bonchev–Trinajstić information content (AvgIpc) is 3.64. The summed E-state index contributed by atoms with van der Waals surface area (Å²) in [4.78, 5) is 0. The molecule has 22 heteroatoms. The van der Waals surface area contributed by atoms with Crippen molar-refractivity contribution in [2.24, 2.45) is 50.2 Å². The monoisotopic (exact) mass is 1060 g/mol. The Morgan fingerprint density at radius 2 is 1.20 bits per heavy atom. The van der Waals surface area contributed by atoms with Gasteiger partial charge in [-0.15, -0.1) is 0 Å². The summed E-state index contributed by atoms with van der Waals surface area (Å²) in [5.74, 6) is 0.0943. The quantitative estimate of drug-likeness (QED) is 0.0763. The van der Waals surface area contributed by atoms with Crippen molar-refractivity contribution in [2.75, 3.05) is 39.6 Å². The number of fused-ring (bicyclic) bond motifs is 4. The second kappa shape index (κ2) is 19.8. The summed E-state index contributed by atoms with van der Waals surface area (Å²) < 4.78 is 55.7. The lowest BCUT2D eigenvalue weighted by atomic mass is 9.32. The van der Waals surface area contributed by atoms with Crippen LogP contribution in [-0.2, 0) is 42.6 Å². The molecule has 13 N–H and O–H groups in total. The minimum Gasteiger partial charge on any atom is -0.396 e. The maximum absolute atomic E-state index is 12.4. The highest BCUT2D eigenvalue weighted by Crippen LogP contribution is 2.79. The van der Waals surface area contributed by atoms with E-state index in [2.05, 4.69) is 46.8 Å². The molecule has 0 aromatic rings. The van der Waals surface area contributed by atoms with Crippen LogP contribution >= 0.6 is 0 Å². The van der Waals surface area contributed by atoms with E-state index in [1.165, 1.54) is 0 Å². The molecule has 2 bridgehead atoms. The first kappa shape index (κ1) is 56.1. The predicted octanol–water partition coefficient (Wildman–Crippen LogP) is -2.32. The normalized spacial score (nSPS) is 58.0. The highest BCUT2D eigenvalue weighted by atomic mass is 16.8. The maximum Gasteiger partial charge on any atom is 0.187 e. The molecule has 0 radical (unpaired) electrons. The second-order valence-corrected chi connectivity index (χ2v) is 25.7. The van der Waals surface area contributed by atoms with Crippen LogP contribution in [0.4, 0.5) is 0 Å². The van der Waals surface area contributed by atoms with Crippen LogP contribution in [0.2, 0.25) is 0 Å². The number of rotatable bonds is 11. The topological polar surface area (TPSA) is 346 Å². The van der Waals surface area contributed by atoms with Gasteiger partial charge in [0.1, 0.15) is 85.5 Å². The molecular formula is C52H84O22. The molecule has 22 nitrogen and oxygen atoms in total. The van der Waals surface area contributed by atoms with Gasteiger partial charge in [-0.3, -0.25) is 0 Å². The van der Waals surface area contributed by atoms with Crippen molar-refractivity contribution in [3.8, 4) is 0 Å². The minimum absolute atomic E-state index is 0.0362. The second-order valence-electron chi connectivity index (χ2n) is 25.7. The molecular weight excluding hydrogens is 977 g/mol. The van der Waals surface area contributed by atoms with Gasteiger partial charge in [0.2, 0.25) is 0 Å². The number of hydrogen-bond acceptors (Lipinski definition) is 22. The van der Waals surface area contributed by atoms with Gasteiger partial charge in [0.25, 0.3) is 0 Å². The Bertz CT molecular complexity index is 2030. The summed E-state index contributed by atoms with van der Waals surface area (Å²) in [6.07, 6.45) is -20.7. The fraction of sp³-hybridized carbons (Fsp3) is 0.962. The fourth-order valence-corrected chi connectivity index (χ4v) is 16.7. The third-order valence-corrected chi connectivity index (χ3v) is 21.4. The number of aliphatic hydroxyl groups excluding tert-OH is 13. The summed E-state index contributed by atoms with van der Waals surface area (Å²) in [6, 6.07) is 0. The van der Waals surface area contributed by atoms with Crippen molar-refractivity contribution in [1.29, 1.82) is 0 Å². The zero-order valence-electron chi connectivity index (χ0n) is 43.3. The van der Waals surface area contributed by atoms with Gasteiger partial charge >= 0.3 is 0 Å². The van der Waals surface area contributed by atoms with Crippen molar-refractivity contribution in [1.82, 2.24) is 0 Å². The van der Waals surface area contributed by atoms with Crippen molar-refractivity contribution < 1.29 is 109 Å². The Labute approximate surface area is 431 Å². The van der Waals surface area contributed by atoms with E-state index in [0.717, 1.165) is 25.7 Å². The first-order valence-electron chi connectivity index (χ1n) is 26.9. The van der Waals surface area contributed by atoms with Crippen LogP contribution < -0.4 is 0 Å². The number of allylic oxidation sites excluding steroid dienone is 1. The summed E-state index contributed by atoms with van der Waals surface area (Å²) >= 11 is 0. The molecule has 10 aliphatic rings. The maximum atomic E-state index is 12.4. The predicted molar refractivity (Wildman–Crippen MR) is 251 cm³/mol. The van der Waals surface area contributed by atoms with Crippen LogP contribution in [0.3, 0.4) is 0 Å². The van der Waals surface area contributed by atoms with Crippen LogP contribution in [0.1, 0.15) is 92.9 Å². The van der Waals surface area contributed by atoms with E-state index in [1.54, 1.807) is 0 Å². The zero-order valence-corrected chi connectivity index (χ0v) is 43.3. The Balaban J connectivity index is 0.923. The Morgan fingerprint density at radius 3 is 1.89 bits per heavy atom. The van der Waals surface area contributed by atoms with Crippen molar-refractivity contribution in [3.05, 3.63) is 12.2 Å². The van der Waals surface area contributed by atoms with E-state index in [9.17, 15) is 66.4 Å². The van der Waals surface area contributed by atoms with Crippen molar-refractivity contribution in [3.63, 3.8) is 0 Å². The molecule has 5 saturated heterocycles. The van der Waals surface area contributed by atoms with E-state index in [-0.39, 0.29) is 46.0 Å². The van der Waals surface area contributed by atoms with Gasteiger partial charge < -0.3 is 109 Å². The molecule has 74 heavy (non-hydrogen) atoms. The summed E-state index contributed by atoms with van der Waals surface area (Å²) in [7, 11) is 0. The Morgan fingerprint density at radius 1 is 0.568 bits per heavy atom. The van der Waals surface area contributed by atoms with Crippen LogP contribution in [0, 0.1) is 50.2 Å². The standard InChI is InChI=1S/C52H84O22/c1-46(2)13-14-51-22-68-52(29(51)15-46)12-8-28-47(3)10-9-31(48(4,21-55)27(47)7-11-49(28,5)50(52,6)16-30(51)57)72-44-40(74-43-39(65)36(62)33(59)24(17-53)69-43)35(61)26(20-67-44)71-45-41(37(63)34(60)25(18-54)70-45)73-42-38(64)32(58)23(56)19-66-42/h8,12,23-45,53-65H,7,9-11,13-22H2,1-6H3/t23-,24-,25-,26+,27?,28?,29?,30?,31+,32+,33-,34-,35+,36+,37+,38-,39-,40-,41-,42+,43+,44+,45+,47+,48+,49-,50?,51-,52+/m1/s1. The average molecular weight is 1060 g/mol. The lowest BCUT2D eigenvalue weighted by molar-refractivity contribution is -0.392. The molecule has 5 aliphatic heterocycles. The third-order valence-electron chi connectivity index (χ3n) is 21.4. The molecule has 0 amide bonds. The molecule has 9 fully saturated rings. The molecule has 0 aromatic heterocycles. The summed E-state index contributed by atoms with van der Waals surface area (Å²) in [6.45, 7) is 11.4.